The first-order chi connectivity index (χ1) is 5.79. The van der Waals surface area contributed by atoms with E-state index in [0.717, 1.165) is 18.8 Å². The Morgan fingerprint density at radius 1 is 1.50 bits per heavy atom. The lowest BCUT2D eigenvalue weighted by Crippen LogP contribution is -1.91. The molecule has 0 saturated carbocycles. The predicted octanol–water partition coefficient (Wildman–Crippen LogP) is 3.08. The van der Waals surface area contributed by atoms with Gasteiger partial charge in [0.25, 0.3) is 0 Å². The van der Waals surface area contributed by atoms with E-state index in [0.29, 0.717) is 4.83 Å². The maximum atomic E-state index is 5.56. The highest BCUT2D eigenvalue weighted by atomic mass is 79.9. The van der Waals surface area contributed by atoms with Gasteiger partial charge >= 0.3 is 0 Å². The molecule has 1 unspecified atom stereocenters. The molecule has 0 aromatic heterocycles. The molecule has 2 heteroatoms. The van der Waals surface area contributed by atoms with E-state index in [-0.39, 0.29) is 0 Å². The van der Waals surface area contributed by atoms with Gasteiger partial charge in [-0.25, -0.2) is 0 Å². The molecule has 12 heavy (non-hydrogen) atoms. The van der Waals surface area contributed by atoms with E-state index in [2.05, 4.69) is 41.1 Å². The van der Waals surface area contributed by atoms with Crippen molar-refractivity contribution in [1.29, 1.82) is 0 Å². The summed E-state index contributed by atoms with van der Waals surface area (Å²) >= 11 is 3.56. The fourth-order valence-electron chi connectivity index (χ4n) is 1.55. The summed E-state index contributed by atoms with van der Waals surface area (Å²) < 4.78 is 5.56. The van der Waals surface area contributed by atoms with Crippen LogP contribution in [-0.2, 0) is 6.42 Å². The zero-order chi connectivity index (χ0) is 8.55. The van der Waals surface area contributed by atoms with Crippen LogP contribution >= 0.6 is 15.9 Å². The van der Waals surface area contributed by atoms with Crippen LogP contribution in [0.1, 0.15) is 22.9 Å². The zero-order valence-electron chi connectivity index (χ0n) is 7.01. The van der Waals surface area contributed by atoms with Gasteiger partial charge < -0.3 is 4.74 Å². The van der Waals surface area contributed by atoms with E-state index < -0.39 is 0 Å². The maximum Gasteiger partial charge on any atom is 0.126 e. The molecule has 1 atom stereocenters. The molecular formula is C10H11BrO. The summed E-state index contributed by atoms with van der Waals surface area (Å²) in [5, 5.41) is 0. The summed E-state index contributed by atoms with van der Waals surface area (Å²) in [6.45, 7) is 2.96. The minimum Gasteiger partial charge on any atom is -0.493 e. The van der Waals surface area contributed by atoms with E-state index in [4.69, 9.17) is 4.74 Å². The van der Waals surface area contributed by atoms with Crippen molar-refractivity contribution in [2.24, 2.45) is 0 Å². The van der Waals surface area contributed by atoms with Gasteiger partial charge in [0.05, 0.1) is 6.61 Å². The van der Waals surface area contributed by atoms with Gasteiger partial charge in [-0.05, 0) is 12.5 Å². The summed E-state index contributed by atoms with van der Waals surface area (Å²) in [7, 11) is 0. The number of fused-ring (bicyclic) bond motifs is 1. The molecule has 0 spiro atoms. The molecule has 1 aromatic carbocycles. The fraction of sp³-hybridized carbons (Fsp3) is 0.400. The summed E-state index contributed by atoms with van der Waals surface area (Å²) in [6.07, 6.45) is 1.06. The lowest BCUT2D eigenvalue weighted by molar-refractivity contribution is 0.353. The molecule has 0 amide bonds. The van der Waals surface area contributed by atoms with Crippen molar-refractivity contribution < 1.29 is 4.74 Å². The number of ether oxygens (including phenoxy) is 1. The summed E-state index contributed by atoms with van der Waals surface area (Å²) in [5.74, 6) is 1.10. The Morgan fingerprint density at radius 2 is 2.33 bits per heavy atom. The largest absolute Gasteiger partial charge is 0.493 e. The third-order valence-electron chi connectivity index (χ3n) is 2.17. The van der Waals surface area contributed by atoms with Crippen LogP contribution in [0.4, 0.5) is 0 Å². The molecule has 1 aromatic rings. The van der Waals surface area contributed by atoms with E-state index in [1.165, 1.54) is 11.1 Å². The molecule has 1 aliphatic rings. The number of hydrogen-bond acceptors (Lipinski definition) is 1. The highest BCUT2D eigenvalue weighted by molar-refractivity contribution is 9.09. The normalized spacial score (nSPS) is 16.8. The Labute approximate surface area is 80.9 Å². The van der Waals surface area contributed by atoms with Crippen LogP contribution in [0.3, 0.4) is 0 Å². The highest BCUT2D eigenvalue weighted by Crippen LogP contribution is 2.36. The smallest absolute Gasteiger partial charge is 0.126 e. The van der Waals surface area contributed by atoms with E-state index in [9.17, 15) is 0 Å². The number of alkyl halides is 1. The van der Waals surface area contributed by atoms with Crippen molar-refractivity contribution in [1.82, 2.24) is 0 Å². The predicted molar refractivity (Wildman–Crippen MR) is 53.0 cm³/mol. The van der Waals surface area contributed by atoms with E-state index >= 15 is 0 Å². The first kappa shape index (κ1) is 8.11. The number of rotatable bonds is 1. The van der Waals surface area contributed by atoms with Gasteiger partial charge in [0.2, 0.25) is 0 Å². The third-order valence-corrected chi connectivity index (χ3v) is 2.67. The molecule has 0 saturated heterocycles. The maximum absolute atomic E-state index is 5.56. The van der Waals surface area contributed by atoms with Crippen LogP contribution < -0.4 is 4.74 Å². The van der Waals surface area contributed by atoms with Crippen molar-refractivity contribution in [2.75, 3.05) is 6.61 Å². The molecule has 1 heterocycles. The number of benzene rings is 1. The van der Waals surface area contributed by atoms with Crippen LogP contribution in [0.15, 0.2) is 18.2 Å². The minimum absolute atomic E-state index is 0.380. The minimum atomic E-state index is 0.380. The summed E-state index contributed by atoms with van der Waals surface area (Å²) in [6, 6.07) is 6.35. The monoisotopic (exact) mass is 226 g/mol. The lowest BCUT2D eigenvalue weighted by Gasteiger charge is -2.08. The van der Waals surface area contributed by atoms with E-state index in [1.54, 1.807) is 0 Å². The molecule has 1 nitrogen and oxygen atoms in total. The zero-order valence-corrected chi connectivity index (χ0v) is 8.60. The molecule has 0 fully saturated rings. The van der Waals surface area contributed by atoms with Crippen LogP contribution in [0.2, 0.25) is 0 Å². The van der Waals surface area contributed by atoms with Crippen LogP contribution in [0.5, 0.6) is 5.75 Å². The SMILES string of the molecule is CC(Br)c1cccc2c1OCC2. The van der Waals surface area contributed by atoms with Gasteiger partial charge in [0.15, 0.2) is 0 Å². The molecule has 1 aliphatic heterocycles. The molecular weight excluding hydrogens is 216 g/mol. The molecule has 0 bridgehead atoms. The van der Waals surface area contributed by atoms with Crippen LogP contribution in [0, 0.1) is 0 Å². The third kappa shape index (κ3) is 1.24. The fourth-order valence-corrected chi connectivity index (χ4v) is 1.91. The van der Waals surface area contributed by atoms with Gasteiger partial charge in [-0.2, -0.15) is 0 Å². The summed E-state index contributed by atoms with van der Waals surface area (Å²) in [5.41, 5.74) is 2.61. The molecule has 2 rings (SSSR count). The Balaban J connectivity index is 2.49. The highest BCUT2D eigenvalue weighted by Gasteiger charge is 2.17. The first-order valence-corrected chi connectivity index (χ1v) is 5.09. The molecule has 0 aliphatic carbocycles. The number of hydrogen-bond donors (Lipinski definition) is 0. The van der Waals surface area contributed by atoms with Gasteiger partial charge in [-0.3, -0.25) is 0 Å². The second-order valence-electron chi connectivity index (χ2n) is 3.05. The average Bonchev–Trinajstić information content (AvgIpc) is 2.49. The van der Waals surface area contributed by atoms with Gasteiger partial charge in [0.1, 0.15) is 5.75 Å². The van der Waals surface area contributed by atoms with Crippen molar-refractivity contribution in [3.05, 3.63) is 29.3 Å². The Kier molecular flexibility index (Phi) is 2.09. The van der Waals surface area contributed by atoms with Gasteiger partial charge in [-0.15, -0.1) is 0 Å². The van der Waals surface area contributed by atoms with Gasteiger partial charge in [-0.1, -0.05) is 34.1 Å². The molecule has 64 valence electrons. The second-order valence-corrected chi connectivity index (χ2v) is 4.42. The van der Waals surface area contributed by atoms with Crippen LogP contribution in [-0.4, -0.2) is 6.61 Å². The lowest BCUT2D eigenvalue weighted by atomic mass is 10.1. The van der Waals surface area contributed by atoms with Crippen LogP contribution in [0.25, 0.3) is 0 Å². The first-order valence-electron chi connectivity index (χ1n) is 4.17. The van der Waals surface area contributed by atoms with Crippen molar-refractivity contribution in [3.63, 3.8) is 0 Å². The number of halogens is 1. The summed E-state index contributed by atoms with van der Waals surface area (Å²) in [4.78, 5) is 0.380. The Morgan fingerprint density at radius 3 is 3.08 bits per heavy atom. The Hall–Kier alpha value is -0.500. The van der Waals surface area contributed by atoms with E-state index in [1.807, 2.05) is 0 Å². The van der Waals surface area contributed by atoms with Crippen molar-refractivity contribution in [2.45, 2.75) is 18.2 Å². The Bertz CT molecular complexity index is 294. The molecule has 0 N–H and O–H groups in total. The number of para-hydroxylation sites is 1. The van der Waals surface area contributed by atoms with Crippen molar-refractivity contribution >= 4 is 15.9 Å². The van der Waals surface area contributed by atoms with Gasteiger partial charge in [0, 0.05) is 16.8 Å². The standard InChI is InChI=1S/C10H11BrO/c1-7(11)9-4-2-3-8-5-6-12-10(8)9/h2-4,7H,5-6H2,1H3. The molecule has 0 radical (unpaired) electrons. The topological polar surface area (TPSA) is 9.23 Å². The second kappa shape index (κ2) is 3.09. The quantitative estimate of drug-likeness (QED) is 0.670. The van der Waals surface area contributed by atoms with Crippen molar-refractivity contribution in [3.8, 4) is 5.75 Å². The average molecular weight is 227 g/mol.